The molecule has 0 bridgehead atoms. The second-order valence-corrected chi connectivity index (χ2v) is 7.49. The normalized spacial score (nSPS) is 19.9. The molecule has 4 nitrogen and oxygen atoms in total. The Labute approximate surface area is 169 Å². The Morgan fingerprint density at radius 3 is 2.64 bits per heavy atom. The first-order chi connectivity index (χ1) is 13.4. The minimum atomic E-state index is -0.142. The molecule has 28 heavy (non-hydrogen) atoms. The summed E-state index contributed by atoms with van der Waals surface area (Å²) in [6.45, 7) is 17.1. The Kier molecular flexibility index (Phi) is 7.38. The molecule has 1 aliphatic rings. The fraction of sp³-hybridized carbons (Fsp3) is 0.417. The Morgan fingerprint density at radius 2 is 2.11 bits per heavy atom. The highest BCUT2D eigenvalue weighted by molar-refractivity contribution is 5.99. The van der Waals surface area contributed by atoms with E-state index >= 15 is 0 Å². The molecule has 0 radical (unpaired) electrons. The number of allylic oxidation sites excluding steroid dienone is 1. The van der Waals surface area contributed by atoms with Gasteiger partial charge in [-0.25, -0.2) is 0 Å². The smallest absolute Gasteiger partial charge is 0.254 e. The maximum Gasteiger partial charge on any atom is 0.254 e. The van der Waals surface area contributed by atoms with Crippen LogP contribution in [0.25, 0.3) is 0 Å². The van der Waals surface area contributed by atoms with Crippen molar-refractivity contribution in [2.24, 2.45) is 10.9 Å². The number of rotatable bonds is 8. The first-order valence-corrected chi connectivity index (χ1v) is 9.86. The standard InChI is InChI=1S/C24H32N2O2/c1-8-17(6)22-20-12-11-19(28-7)13-21(20)24(27)26(15-16(4)5)23(22)18(9-2)14-25-10-3/h9-14,16,22-23H,3,6,8,15H2,1-2,4-5,7H3/b18-9+,25-14?. The van der Waals surface area contributed by atoms with Crippen LogP contribution in [0.15, 0.2) is 59.8 Å². The lowest BCUT2D eigenvalue weighted by atomic mass is 9.75. The van der Waals surface area contributed by atoms with Gasteiger partial charge in [0.2, 0.25) is 0 Å². The zero-order chi connectivity index (χ0) is 20.8. The van der Waals surface area contributed by atoms with Crippen LogP contribution in [0.4, 0.5) is 0 Å². The van der Waals surface area contributed by atoms with Crippen molar-refractivity contribution in [3.63, 3.8) is 0 Å². The maximum absolute atomic E-state index is 13.5. The van der Waals surface area contributed by atoms with Crippen molar-refractivity contribution in [3.8, 4) is 5.75 Å². The molecule has 150 valence electrons. The van der Waals surface area contributed by atoms with Crippen LogP contribution < -0.4 is 4.74 Å². The third kappa shape index (κ3) is 4.27. The van der Waals surface area contributed by atoms with E-state index in [9.17, 15) is 4.79 Å². The average Bonchev–Trinajstić information content (AvgIpc) is 2.70. The molecule has 1 aromatic rings. The monoisotopic (exact) mass is 380 g/mol. The molecule has 2 rings (SSSR count). The summed E-state index contributed by atoms with van der Waals surface area (Å²) in [5.41, 5.74) is 3.81. The lowest BCUT2D eigenvalue weighted by Gasteiger charge is -2.44. The summed E-state index contributed by atoms with van der Waals surface area (Å²) in [6, 6.07) is 5.64. The van der Waals surface area contributed by atoms with Crippen LogP contribution in [0.3, 0.4) is 0 Å². The fourth-order valence-corrected chi connectivity index (χ4v) is 3.84. The van der Waals surface area contributed by atoms with Gasteiger partial charge in [0.1, 0.15) is 5.75 Å². The fourth-order valence-electron chi connectivity index (χ4n) is 3.84. The minimum Gasteiger partial charge on any atom is -0.497 e. The number of carbonyl (C=O) groups excluding carboxylic acids is 1. The summed E-state index contributed by atoms with van der Waals surface area (Å²) in [5, 5.41) is 0. The number of fused-ring (bicyclic) bond motifs is 1. The highest BCUT2D eigenvalue weighted by Crippen LogP contribution is 2.42. The average molecular weight is 381 g/mol. The summed E-state index contributed by atoms with van der Waals surface area (Å²) in [6.07, 6.45) is 6.20. The maximum atomic E-state index is 13.5. The highest BCUT2D eigenvalue weighted by Gasteiger charge is 2.42. The van der Waals surface area contributed by atoms with Crippen molar-refractivity contribution in [2.75, 3.05) is 13.7 Å². The molecule has 2 unspecified atom stereocenters. The van der Waals surface area contributed by atoms with Crippen LogP contribution in [-0.2, 0) is 0 Å². The molecule has 0 saturated heterocycles. The third-order valence-corrected chi connectivity index (χ3v) is 5.20. The van der Waals surface area contributed by atoms with Gasteiger partial charge in [0.15, 0.2) is 0 Å². The van der Waals surface area contributed by atoms with Gasteiger partial charge < -0.3 is 9.64 Å². The number of hydrogen-bond acceptors (Lipinski definition) is 3. The Balaban J connectivity index is 2.74. The molecule has 0 N–H and O–H groups in total. The number of carbonyl (C=O) groups is 1. The van der Waals surface area contributed by atoms with Crippen LogP contribution >= 0.6 is 0 Å². The van der Waals surface area contributed by atoms with Crippen LogP contribution in [0.5, 0.6) is 5.75 Å². The number of aliphatic imine (C=N–C) groups is 1. The number of methoxy groups -OCH3 is 1. The zero-order valence-electron chi connectivity index (χ0n) is 17.7. The van der Waals surface area contributed by atoms with E-state index < -0.39 is 0 Å². The molecule has 1 heterocycles. The number of benzene rings is 1. The van der Waals surface area contributed by atoms with Crippen molar-refractivity contribution < 1.29 is 9.53 Å². The van der Waals surface area contributed by atoms with Gasteiger partial charge in [0.25, 0.3) is 5.91 Å². The van der Waals surface area contributed by atoms with E-state index in [1.54, 1.807) is 7.11 Å². The van der Waals surface area contributed by atoms with Crippen molar-refractivity contribution >= 4 is 12.1 Å². The number of hydrogen-bond donors (Lipinski definition) is 0. The highest BCUT2D eigenvalue weighted by atomic mass is 16.5. The lowest BCUT2D eigenvalue weighted by Crippen LogP contribution is -2.51. The predicted octanol–water partition coefficient (Wildman–Crippen LogP) is 5.39. The van der Waals surface area contributed by atoms with Gasteiger partial charge in [-0.3, -0.25) is 9.79 Å². The molecule has 0 aliphatic carbocycles. The topological polar surface area (TPSA) is 41.9 Å². The Morgan fingerprint density at radius 1 is 1.39 bits per heavy atom. The quantitative estimate of drug-likeness (QED) is 0.448. The largest absolute Gasteiger partial charge is 0.497 e. The first kappa shape index (κ1) is 21.7. The van der Waals surface area contributed by atoms with Crippen molar-refractivity contribution in [2.45, 2.75) is 46.1 Å². The van der Waals surface area contributed by atoms with Crippen molar-refractivity contribution in [1.82, 2.24) is 4.90 Å². The summed E-state index contributed by atoms with van der Waals surface area (Å²) in [7, 11) is 1.62. The van der Waals surface area contributed by atoms with E-state index in [1.807, 2.05) is 42.3 Å². The van der Waals surface area contributed by atoms with E-state index in [2.05, 4.69) is 38.9 Å². The molecule has 1 amide bonds. The third-order valence-electron chi connectivity index (χ3n) is 5.20. The predicted molar refractivity (Wildman–Crippen MR) is 117 cm³/mol. The zero-order valence-corrected chi connectivity index (χ0v) is 17.7. The summed E-state index contributed by atoms with van der Waals surface area (Å²) >= 11 is 0. The number of nitrogens with zero attached hydrogens (tertiary/aromatic N) is 2. The number of ether oxygens (including phenoxy) is 1. The van der Waals surface area contributed by atoms with Crippen LogP contribution in [0, 0.1) is 5.92 Å². The van der Waals surface area contributed by atoms with Gasteiger partial charge >= 0.3 is 0 Å². The van der Waals surface area contributed by atoms with Crippen LogP contribution in [0.2, 0.25) is 0 Å². The Bertz CT molecular complexity index is 805. The van der Waals surface area contributed by atoms with E-state index in [1.165, 1.54) is 6.20 Å². The van der Waals surface area contributed by atoms with Gasteiger partial charge in [-0.05, 0) is 42.5 Å². The first-order valence-electron chi connectivity index (χ1n) is 9.86. The minimum absolute atomic E-state index is 0.00446. The van der Waals surface area contributed by atoms with Gasteiger partial charge in [-0.1, -0.05) is 51.6 Å². The second kappa shape index (κ2) is 9.54. The van der Waals surface area contributed by atoms with Crippen molar-refractivity contribution in [3.05, 3.63) is 65.9 Å². The van der Waals surface area contributed by atoms with Crippen LogP contribution in [0.1, 0.15) is 56.0 Å². The van der Waals surface area contributed by atoms with E-state index in [0.717, 1.165) is 23.1 Å². The van der Waals surface area contributed by atoms with Crippen molar-refractivity contribution in [1.29, 1.82) is 0 Å². The summed E-state index contributed by atoms with van der Waals surface area (Å²) < 4.78 is 5.38. The second-order valence-electron chi connectivity index (χ2n) is 7.49. The van der Waals surface area contributed by atoms with E-state index in [-0.39, 0.29) is 17.9 Å². The SMILES string of the molecule is C=CN=C/C(=C\C)C1C(C(=C)CC)c2ccc(OC)cc2C(=O)N1CC(C)C. The Hall–Kier alpha value is -2.62. The molecule has 2 atom stereocenters. The molecule has 0 saturated carbocycles. The molecule has 1 aromatic carbocycles. The molecule has 1 aliphatic heterocycles. The van der Waals surface area contributed by atoms with E-state index in [4.69, 9.17) is 4.74 Å². The lowest BCUT2D eigenvalue weighted by molar-refractivity contribution is 0.0640. The number of amides is 1. The molecule has 0 aromatic heterocycles. The van der Waals surface area contributed by atoms with Gasteiger partial charge in [0.05, 0.1) is 13.2 Å². The molecular weight excluding hydrogens is 348 g/mol. The van der Waals surface area contributed by atoms with E-state index in [0.29, 0.717) is 23.8 Å². The molecule has 4 heteroatoms. The molecule has 0 fully saturated rings. The van der Waals surface area contributed by atoms with Crippen LogP contribution in [-0.4, -0.2) is 36.7 Å². The van der Waals surface area contributed by atoms with Gasteiger partial charge in [-0.15, -0.1) is 0 Å². The summed E-state index contributed by atoms with van der Waals surface area (Å²) in [4.78, 5) is 19.7. The summed E-state index contributed by atoms with van der Waals surface area (Å²) in [5.74, 6) is 1.06. The van der Waals surface area contributed by atoms with Gasteiger partial charge in [0, 0.05) is 30.4 Å². The molecule has 0 spiro atoms. The molecular formula is C24H32N2O2. The van der Waals surface area contributed by atoms with Gasteiger partial charge in [-0.2, -0.15) is 0 Å².